The third kappa shape index (κ3) is 1.88. The number of hydrogen-bond acceptors (Lipinski definition) is 2. The number of rotatable bonds is 1. The van der Waals surface area contributed by atoms with Crippen LogP contribution in [0.25, 0.3) is 5.69 Å². The fraction of sp³-hybridized carbons (Fsp3) is 0.182. The summed E-state index contributed by atoms with van der Waals surface area (Å²) in [6, 6.07) is 5.39. The highest BCUT2D eigenvalue weighted by Crippen LogP contribution is 2.28. The average Bonchev–Trinajstić information content (AvgIpc) is 2.51. The Hall–Kier alpha value is -1.19. The van der Waals surface area contributed by atoms with E-state index in [2.05, 4.69) is 5.10 Å². The molecule has 1 heterocycles. The van der Waals surface area contributed by atoms with Crippen LogP contribution in [0.2, 0.25) is 10.0 Å². The molecular weight excluding hydrogens is 245 g/mol. The quantitative estimate of drug-likeness (QED) is 0.849. The Balaban J connectivity index is 2.64. The summed E-state index contributed by atoms with van der Waals surface area (Å²) >= 11 is 12.2. The van der Waals surface area contributed by atoms with Crippen LogP contribution < -0.4 is 5.73 Å². The Morgan fingerprint density at radius 2 is 1.81 bits per heavy atom. The Bertz CT molecular complexity index is 546. The van der Waals surface area contributed by atoms with Crippen LogP contribution in [0.5, 0.6) is 0 Å². The minimum atomic E-state index is 0.463. The van der Waals surface area contributed by atoms with Crippen LogP contribution in [0.15, 0.2) is 18.2 Å². The molecule has 84 valence electrons. The van der Waals surface area contributed by atoms with Gasteiger partial charge in [-0.15, -0.1) is 0 Å². The number of hydrogen-bond donors (Lipinski definition) is 1. The largest absolute Gasteiger partial charge is 0.382 e. The molecule has 2 N–H and O–H groups in total. The summed E-state index contributed by atoms with van der Waals surface area (Å²) in [5, 5.41) is 5.43. The van der Waals surface area contributed by atoms with Crippen LogP contribution in [0.1, 0.15) is 11.3 Å². The first kappa shape index (κ1) is 11.3. The van der Waals surface area contributed by atoms with Crippen molar-refractivity contribution in [2.45, 2.75) is 13.8 Å². The number of benzene rings is 1. The first-order chi connectivity index (χ1) is 7.49. The van der Waals surface area contributed by atoms with Crippen LogP contribution in [0.4, 0.5) is 5.82 Å². The highest BCUT2D eigenvalue weighted by atomic mass is 35.5. The molecule has 0 radical (unpaired) electrons. The Kier molecular flexibility index (Phi) is 2.82. The Labute approximate surface area is 104 Å². The van der Waals surface area contributed by atoms with Crippen LogP contribution >= 0.6 is 23.2 Å². The van der Waals surface area contributed by atoms with Gasteiger partial charge in [0, 0.05) is 16.8 Å². The van der Waals surface area contributed by atoms with Crippen molar-refractivity contribution in [3.05, 3.63) is 39.5 Å². The zero-order valence-electron chi connectivity index (χ0n) is 8.96. The Morgan fingerprint density at radius 1 is 1.12 bits per heavy atom. The second-order valence-corrected chi connectivity index (χ2v) is 4.49. The lowest BCUT2D eigenvalue weighted by Crippen LogP contribution is -2.01. The highest BCUT2D eigenvalue weighted by Gasteiger charge is 2.10. The normalized spacial score (nSPS) is 10.8. The van der Waals surface area contributed by atoms with Crippen LogP contribution in [-0.2, 0) is 0 Å². The second kappa shape index (κ2) is 4.00. The zero-order chi connectivity index (χ0) is 11.9. The van der Waals surface area contributed by atoms with E-state index in [1.165, 1.54) is 0 Å². The molecular formula is C11H11Cl2N3. The molecule has 0 aliphatic heterocycles. The fourth-order valence-electron chi connectivity index (χ4n) is 1.54. The van der Waals surface area contributed by atoms with Crippen LogP contribution in [0, 0.1) is 13.8 Å². The van der Waals surface area contributed by atoms with Crippen molar-refractivity contribution in [1.82, 2.24) is 9.78 Å². The first-order valence-corrected chi connectivity index (χ1v) is 5.53. The molecule has 0 saturated heterocycles. The third-order valence-corrected chi connectivity index (χ3v) is 3.07. The minimum absolute atomic E-state index is 0.463. The smallest absolute Gasteiger partial charge is 0.146 e. The molecule has 0 spiro atoms. The number of nitrogens with zero attached hydrogens (tertiary/aromatic N) is 2. The van der Waals surface area contributed by atoms with Crippen LogP contribution in [0.3, 0.4) is 0 Å². The van der Waals surface area contributed by atoms with Gasteiger partial charge in [0.25, 0.3) is 0 Å². The maximum atomic E-state index is 6.16. The zero-order valence-corrected chi connectivity index (χ0v) is 10.5. The summed E-state index contributed by atoms with van der Waals surface area (Å²) < 4.78 is 1.68. The van der Waals surface area contributed by atoms with E-state index in [1.54, 1.807) is 16.8 Å². The van der Waals surface area contributed by atoms with Crippen molar-refractivity contribution in [3.8, 4) is 5.69 Å². The summed E-state index contributed by atoms with van der Waals surface area (Å²) in [5.41, 5.74) is 8.22. The SMILES string of the molecule is Cc1cc(Cl)c(-n2nc(N)cc2C)cc1Cl. The lowest BCUT2D eigenvalue weighted by Gasteiger charge is -2.08. The molecule has 0 aliphatic rings. The van der Waals surface area contributed by atoms with Gasteiger partial charge in [-0.05, 0) is 31.5 Å². The molecule has 1 aromatic heterocycles. The predicted octanol–water partition coefficient (Wildman–Crippen LogP) is 3.38. The maximum absolute atomic E-state index is 6.16. The minimum Gasteiger partial charge on any atom is -0.382 e. The number of aryl methyl sites for hydroxylation is 2. The fourth-order valence-corrected chi connectivity index (χ4v) is 2.00. The predicted molar refractivity (Wildman–Crippen MR) is 67.5 cm³/mol. The van der Waals surface area contributed by atoms with Gasteiger partial charge in [0.1, 0.15) is 5.82 Å². The lowest BCUT2D eigenvalue weighted by molar-refractivity contribution is 0.851. The van der Waals surface area contributed by atoms with E-state index in [4.69, 9.17) is 28.9 Å². The molecule has 0 saturated carbocycles. The molecule has 0 bridgehead atoms. The van der Waals surface area contributed by atoms with Gasteiger partial charge < -0.3 is 5.73 Å². The number of anilines is 1. The molecule has 2 aromatic rings. The molecule has 1 aromatic carbocycles. The van der Waals surface area contributed by atoms with Gasteiger partial charge in [-0.1, -0.05) is 23.2 Å². The highest BCUT2D eigenvalue weighted by molar-refractivity contribution is 6.35. The standard InChI is InChI=1S/C11H11Cl2N3/c1-6-3-9(13)10(5-8(6)12)16-7(2)4-11(14)15-16/h3-5H,1-2H3,(H2,14,15). The Morgan fingerprint density at radius 3 is 2.38 bits per heavy atom. The van der Waals surface area contributed by atoms with Gasteiger partial charge in [0.15, 0.2) is 0 Å². The summed E-state index contributed by atoms with van der Waals surface area (Å²) in [4.78, 5) is 0. The summed E-state index contributed by atoms with van der Waals surface area (Å²) in [6.07, 6.45) is 0. The van der Waals surface area contributed by atoms with Crippen molar-refractivity contribution in [1.29, 1.82) is 0 Å². The summed E-state index contributed by atoms with van der Waals surface area (Å²) in [7, 11) is 0. The van der Waals surface area contributed by atoms with Gasteiger partial charge in [-0.3, -0.25) is 0 Å². The van der Waals surface area contributed by atoms with Crippen molar-refractivity contribution in [2.75, 3.05) is 5.73 Å². The molecule has 0 atom stereocenters. The molecule has 2 rings (SSSR count). The molecule has 3 nitrogen and oxygen atoms in total. The molecule has 0 aliphatic carbocycles. The van der Waals surface area contributed by atoms with Gasteiger partial charge in [0.05, 0.1) is 10.7 Å². The van der Waals surface area contributed by atoms with E-state index in [9.17, 15) is 0 Å². The van der Waals surface area contributed by atoms with Crippen molar-refractivity contribution >= 4 is 29.0 Å². The third-order valence-electron chi connectivity index (χ3n) is 2.36. The van der Waals surface area contributed by atoms with Crippen molar-refractivity contribution in [2.24, 2.45) is 0 Å². The maximum Gasteiger partial charge on any atom is 0.146 e. The number of nitrogen functional groups attached to an aromatic ring is 1. The summed E-state index contributed by atoms with van der Waals surface area (Å²) in [6.45, 7) is 3.82. The van der Waals surface area contributed by atoms with Crippen LogP contribution in [-0.4, -0.2) is 9.78 Å². The second-order valence-electron chi connectivity index (χ2n) is 3.68. The number of aromatic nitrogens is 2. The lowest BCUT2D eigenvalue weighted by atomic mass is 10.2. The summed E-state index contributed by atoms with van der Waals surface area (Å²) in [5.74, 6) is 0.463. The average molecular weight is 256 g/mol. The number of nitrogens with two attached hydrogens (primary N) is 1. The van der Waals surface area contributed by atoms with Gasteiger partial charge >= 0.3 is 0 Å². The van der Waals surface area contributed by atoms with E-state index in [-0.39, 0.29) is 0 Å². The topological polar surface area (TPSA) is 43.8 Å². The van der Waals surface area contributed by atoms with E-state index in [1.807, 2.05) is 19.9 Å². The van der Waals surface area contributed by atoms with Crippen molar-refractivity contribution in [3.63, 3.8) is 0 Å². The first-order valence-electron chi connectivity index (χ1n) is 4.77. The van der Waals surface area contributed by atoms with Gasteiger partial charge in [-0.2, -0.15) is 5.10 Å². The molecule has 16 heavy (non-hydrogen) atoms. The van der Waals surface area contributed by atoms with Gasteiger partial charge in [-0.25, -0.2) is 4.68 Å². The molecule has 5 heteroatoms. The van der Waals surface area contributed by atoms with Crippen molar-refractivity contribution < 1.29 is 0 Å². The molecule has 0 fully saturated rings. The van der Waals surface area contributed by atoms with E-state index < -0.39 is 0 Å². The number of halogens is 2. The van der Waals surface area contributed by atoms with E-state index in [0.29, 0.717) is 15.9 Å². The monoisotopic (exact) mass is 255 g/mol. The van der Waals surface area contributed by atoms with E-state index in [0.717, 1.165) is 16.9 Å². The van der Waals surface area contributed by atoms with Gasteiger partial charge in [0.2, 0.25) is 0 Å². The molecule has 0 amide bonds. The molecule has 0 unspecified atom stereocenters. The van der Waals surface area contributed by atoms with E-state index >= 15 is 0 Å².